The van der Waals surface area contributed by atoms with Gasteiger partial charge in [0.15, 0.2) is 0 Å². The Hall–Kier alpha value is -3.19. The van der Waals surface area contributed by atoms with Crippen LogP contribution in [0.2, 0.25) is 0 Å². The third-order valence-electron chi connectivity index (χ3n) is 4.65. The van der Waals surface area contributed by atoms with Gasteiger partial charge in [-0.3, -0.25) is 4.79 Å². The second kappa shape index (κ2) is 8.05. The van der Waals surface area contributed by atoms with Crippen molar-refractivity contribution in [2.45, 2.75) is 25.8 Å². The SMILES string of the molecule is Cc1ccc(NC(=O)CSc2nnc(C)c3cnn(-c4ccccc4)c23)c(C)c1. The maximum absolute atomic E-state index is 12.5. The van der Waals surface area contributed by atoms with Gasteiger partial charge in [0.05, 0.1) is 23.3 Å². The predicted molar refractivity (Wildman–Crippen MR) is 117 cm³/mol. The Bertz CT molecular complexity index is 1190. The summed E-state index contributed by atoms with van der Waals surface area (Å²) in [6, 6.07) is 15.9. The monoisotopic (exact) mass is 403 g/mol. The number of anilines is 1. The van der Waals surface area contributed by atoms with E-state index in [2.05, 4.69) is 26.7 Å². The molecule has 0 atom stereocenters. The molecule has 2 aromatic carbocycles. The van der Waals surface area contributed by atoms with Gasteiger partial charge in [-0.2, -0.15) is 10.2 Å². The average molecular weight is 404 g/mol. The van der Waals surface area contributed by atoms with Crippen LogP contribution in [0.25, 0.3) is 16.6 Å². The topological polar surface area (TPSA) is 72.7 Å². The summed E-state index contributed by atoms with van der Waals surface area (Å²) in [5, 5.41) is 17.7. The summed E-state index contributed by atoms with van der Waals surface area (Å²) in [5.74, 6) is 0.156. The molecule has 0 radical (unpaired) electrons. The fraction of sp³-hybridized carbons (Fsp3) is 0.182. The highest BCUT2D eigenvalue weighted by Crippen LogP contribution is 2.29. The number of benzene rings is 2. The number of carbonyl (C=O) groups excluding carboxylic acids is 1. The second-order valence-corrected chi connectivity index (χ2v) is 7.86. The minimum Gasteiger partial charge on any atom is -0.325 e. The summed E-state index contributed by atoms with van der Waals surface area (Å²) in [6.07, 6.45) is 1.80. The smallest absolute Gasteiger partial charge is 0.234 e. The van der Waals surface area contributed by atoms with Crippen molar-refractivity contribution in [1.29, 1.82) is 0 Å². The molecule has 1 N–H and O–H groups in total. The van der Waals surface area contributed by atoms with Crippen molar-refractivity contribution in [3.8, 4) is 5.69 Å². The number of amides is 1. The minimum absolute atomic E-state index is 0.0803. The second-order valence-electron chi connectivity index (χ2n) is 6.90. The molecule has 2 aromatic heterocycles. The zero-order chi connectivity index (χ0) is 20.4. The lowest BCUT2D eigenvalue weighted by atomic mass is 10.1. The van der Waals surface area contributed by atoms with Crippen molar-refractivity contribution in [3.63, 3.8) is 0 Å². The minimum atomic E-state index is -0.0803. The van der Waals surface area contributed by atoms with E-state index in [0.29, 0.717) is 5.03 Å². The maximum Gasteiger partial charge on any atom is 0.234 e. The van der Waals surface area contributed by atoms with Crippen LogP contribution in [-0.4, -0.2) is 31.6 Å². The number of fused-ring (bicyclic) bond motifs is 1. The van der Waals surface area contributed by atoms with Crippen LogP contribution in [0.5, 0.6) is 0 Å². The van der Waals surface area contributed by atoms with Gasteiger partial charge in [-0.15, -0.1) is 5.10 Å². The zero-order valence-corrected chi connectivity index (χ0v) is 17.3. The molecule has 1 amide bonds. The Labute approximate surface area is 173 Å². The number of hydrogen-bond acceptors (Lipinski definition) is 5. The number of aromatic nitrogens is 4. The highest BCUT2D eigenvalue weighted by molar-refractivity contribution is 8.00. The summed E-state index contributed by atoms with van der Waals surface area (Å²) < 4.78 is 1.85. The molecule has 2 heterocycles. The van der Waals surface area contributed by atoms with Crippen LogP contribution in [0, 0.1) is 20.8 Å². The van der Waals surface area contributed by atoms with Gasteiger partial charge in [-0.25, -0.2) is 4.68 Å². The van der Waals surface area contributed by atoms with Crippen LogP contribution in [0.1, 0.15) is 16.8 Å². The molecule has 4 aromatic rings. The molecule has 7 heteroatoms. The summed E-state index contributed by atoms with van der Waals surface area (Å²) in [6.45, 7) is 5.93. The average Bonchev–Trinajstić information content (AvgIpc) is 3.17. The van der Waals surface area contributed by atoms with Crippen molar-refractivity contribution in [2.24, 2.45) is 0 Å². The van der Waals surface area contributed by atoms with Gasteiger partial charge in [0.25, 0.3) is 0 Å². The highest BCUT2D eigenvalue weighted by Gasteiger charge is 2.16. The summed E-state index contributed by atoms with van der Waals surface area (Å²) in [7, 11) is 0. The molecular weight excluding hydrogens is 382 g/mol. The molecule has 6 nitrogen and oxygen atoms in total. The normalized spacial score (nSPS) is 11.0. The van der Waals surface area contributed by atoms with Gasteiger partial charge < -0.3 is 5.32 Å². The van der Waals surface area contributed by atoms with E-state index in [1.54, 1.807) is 6.20 Å². The molecule has 146 valence electrons. The molecule has 0 saturated heterocycles. The number of thioether (sulfide) groups is 1. The molecule has 4 rings (SSSR count). The van der Waals surface area contributed by atoms with E-state index in [1.165, 1.54) is 17.3 Å². The standard InChI is InChI=1S/C22H21N5OS/c1-14-9-10-19(15(2)11-14)24-20(28)13-29-22-21-18(16(3)25-26-22)12-23-27(21)17-7-5-4-6-8-17/h4-12H,13H2,1-3H3,(H,24,28). The van der Waals surface area contributed by atoms with Gasteiger partial charge in [0, 0.05) is 11.1 Å². The molecule has 0 fully saturated rings. The number of hydrogen-bond donors (Lipinski definition) is 1. The van der Waals surface area contributed by atoms with Crippen LogP contribution >= 0.6 is 11.8 Å². The third-order valence-corrected chi connectivity index (χ3v) is 5.60. The summed E-state index contributed by atoms with van der Waals surface area (Å²) in [4.78, 5) is 12.5. The van der Waals surface area contributed by atoms with Crippen LogP contribution in [-0.2, 0) is 4.79 Å². The zero-order valence-electron chi connectivity index (χ0n) is 16.5. The van der Waals surface area contributed by atoms with Crippen molar-refractivity contribution in [3.05, 3.63) is 71.5 Å². The molecule has 0 aliphatic rings. The van der Waals surface area contributed by atoms with Crippen LogP contribution in [0.15, 0.2) is 59.8 Å². The van der Waals surface area contributed by atoms with Crippen LogP contribution < -0.4 is 5.32 Å². The fourth-order valence-electron chi connectivity index (χ4n) is 3.18. The third kappa shape index (κ3) is 4.00. The lowest BCUT2D eigenvalue weighted by molar-refractivity contribution is -0.113. The number of carbonyl (C=O) groups is 1. The van der Waals surface area contributed by atoms with E-state index in [0.717, 1.165) is 33.5 Å². The molecule has 0 unspecified atom stereocenters. The first-order chi connectivity index (χ1) is 14.0. The Morgan fingerprint density at radius 2 is 1.86 bits per heavy atom. The van der Waals surface area contributed by atoms with Gasteiger partial charge >= 0.3 is 0 Å². The number of nitrogens with one attached hydrogen (secondary N) is 1. The lowest BCUT2D eigenvalue weighted by Gasteiger charge is -2.10. The highest BCUT2D eigenvalue weighted by atomic mass is 32.2. The van der Waals surface area contributed by atoms with Crippen molar-refractivity contribution >= 4 is 34.3 Å². The molecular formula is C22H21N5OS. The Morgan fingerprint density at radius 1 is 1.07 bits per heavy atom. The maximum atomic E-state index is 12.5. The van der Waals surface area contributed by atoms with E-state index in [9.17, 15) is 4.79 Å². The molecule has 0 aliphatic carbocycles. The predicted octanol–water partition coefficient (Wildman–Crippen LogP) is 4.47. The lowest BCUT2D eigenvalue weighted by Crippen LogP contribution is -2.15. The van der Waals surface area contributed by atoms with Crippen LogP contribution in [0.4, 0.5) is 5.69 Å². The van der Waals surface area contributed by atoms with E-state index in [4.69, 9.17) is 0 Å². The largest absolute Gasteiger partial charge is 0.325 e. The van der Waals surface area contributed by atoms with E-state index < -0.39 is 0 Å². The first-order valence-corrected chi connectivity index (χ1v) is 10.3. The first-order valence-electron chi connectivity index (χ1n) is 9.29. The summed E-state index contributed by atoms with van der Waals surface area (Å²) in [5.41, 5.74) is 5.66. The number of aryl methyl sites for hydroxylation is 3. The van der Waals surface area contributed by atoms with E-state index in [-0.39, 0.29) is 11.7 Å². The van der Waals surface area contributed by atoms with Gasteiger partial charge in [0.2, 0.25) is 5.91 Å². The molecule has 0 spiro atoms. The first kappa shape index (κ1) is 19.1. The quantitative estimate of drug-likeness (QED) is 0.498. The molecule has 0 saturated carbocycles. The molecule has 29 heavy (non-hydrogen) atoms. The molecule has 0 aliphatic heterocycles. The fourth-order valence-corrected chi connectivity index (χ4v) is 3.95. The number of rotatable bonds is 5. The Kier molecular flexibility index (Phi) is 5.31. The van der Waals surface area contributed by atoms with Gasteiger partial charge in [-0.05, 0) is 44.5 Å². The van der Waals surface area contributed by atoms with Crippen molar-refractivity contribution in [1.82, 2.24) is 20.0 Å². The van der Waals surface area contributed by atoms with Gasteiger partial charge in [-0.1, -0.05) is 47.7 Å². The number of para-hydroxylation sites is 1. The summed E-state index contributed by atoms with van der Waals surface area (Å²) >= 11 is 1.36. The van der Waals surface area contributed by atoms with E-state index in [1.807, 2.05) is 67.9 Å². The van der Waals surface area contributed by atoms with Crippen molar-refractivity contribution < 1.29 is 4.79 Å². The van der Waals surface area contributed by atoms with Crippen LogP contribution in [0.3, 0.4) is 0 Å². The van der Waals surface area contributed by atoms with E-state index >= 15 is 0 Å². The molecule has 0 bridgehead atoms. The van der Waals surface area contributed by atoms with Gasteiger partial charge in [0.1, 0.15) is 10.5 Å². The Balaban J connectivity index is 1.59. The number of nitrogens with zero attached hydrogens (tertiary/aromatic N) is 4. The Morgan fingerprint density at radius 3 is 2.62 bits per heavy atom. The van der Waals surface area contributed by atoms with Crippen molar-refractivity contribution in [2.75, 3.05) is 11.1 Å².